The molecule has 0 amide bonds. The average Bonchev–Trinajstić information content (AvgIpc) is 2.91. The van der Waals surface area contributed by atoms with Crippen LogP contribution in [0.25, 0.3) is 0 Å². The Morgan fingerprint density at radius 2 is 1.86 bits per heavy atom. The Morgan fingerprint density at radius 1 is 1.07 bits per heavy atom. The molecule has 0 spiro atoms. The number of unbranched alkanes of at least 4 members (excludes halogenated alkanes) is 3. The molecule has 0 radical (unpaired) electrons. The maximum Gasteiger partial charge on any atom is 0.0844 e. The maximum absolute atomic E-state index is 5.56. The lowest BCUT2D eigenvalue weighted by molar-refractivity contribution is 0.330. The van der Waals surface area contributed by atoms with E-state index in [0.29, 0.717) is 12.2 Å². The van der Waals surface area contributed by atoms with Crippen LogP contribution in [0.1, 0.15) is 65.7 Å². The standard InChI is InChI=1S/C13H26O/c1-4-6-7-8-9-11(3)10-13-12(5-2)14-13/h11-13H,4-10H2,1-3H3. The van der Waals surface area contributed by atoms with Crippen LogP contribution in [-0.2, 0) is 4.74 Å². The molecule has 14 heavy (non-hydrogen) atoms. The van der Waals surface area contributed by atoms with Gasteiger partial charge in [0.2, 0.25) is 0 Å². The van der Waals surface area contributed by atoms with Crippen molar-refractivity contribution in [2.75, 3.05) is 0 Å². The second-order valence-electron chi connectivity index (χ2n) is 4.81. The van der Waals surface area contributed by atoms with Gasteiger partial charge in [-0.3, -0.25) is 0 Å². The fourth-order valence-electron chi connectivity index (χ4n) is 2.18. The summed E-state index contributed by atoms with van der Waals surface area (Å²) < 4.78 is 5.56. The molecule has 1 fully saturated rings. The SMILES string of the molecule is CCCCCCC(C)CC1OC1CC. The normalized spacial score (nSPS) is 27.6. The van der Waals surface area contributed by atoms with E-state index >= 15 is 0 Å². The Bertz CT molecular complexity index is 144. The van der Waals surface area contributed by atoms with Crippen molar-refractivity contribution in [2.45, 2.75) is 77.9 Å². The lowest BCUT2D eigenvalue weighted by atomic mass is 9.96. The van der Waals surface area contributed by atoms with E-state index in [4.69, 9.17) is 4.74 Å². The lowest BCUT2D eigenvalue weighted by Gasteiger charge is -2.08. The van der Waals surface area contributed by atoms with Gasteiger partial charge >= 0.3 is 0 Å². The van der Waals surface area contributed by atoms with Crippen LogP contribution < -0.4 is 0 Å². The summed E-state index contributed by atoms with van der Waals surface area (Å²) in [6.45, 7) is 6.87. The smallest absolute Gasteiger partial charge is 0.0844 e. The third-order valence-electron chi connectivity index (χ3n) is 3.28. The summed E-state index contributed by atoms with van der Waals surface area (Å²) in [5, 5.41) is 0. The monoisotopic (exact) mass is 198 g/mol. The van der Waals surface area contributed by atoms with Crippen molar-refractivity contribution in [3.8, 4) is 0 Å². The molecule has 1 aliphatic rings. The molecule has 1 nitrogen and oxygen atoms in total. The van der Waals surface area contributed by atoms with E-state index in [1.54, 1.807) is 0 Å². The van der Waals surface area contributed by atoms with Crippen molar-refractivity contribution in [1.82, 2.24) is 0 Å². The molecule has 3 atom stereocenters. The van der Waals surface area contributed by atoms with Gasteiger partial charge in [0.1, 0.15) is 0 Å². The van der Waals surface area contributed by atoms with E-state index in [1.807, 2.05) is 0 Å². The molecule has 0 N–H and O–H groups in total. The zero-order valence-electron chi connectivity index (χ0n) is 10.1. The van der Waals surface area contributed by atoms with Crippen LogP contribution >= 0.6 is 0 Å². The highest BCUT2D eigenvalue weighted by atomic mass is 16.6. The summed E-state index contributed by atoms with van der Waals surface area (Å²) in [5.74, 6) is 0.869. The Labute approximate surface area is 89.2 Å². The van der Waals surface area contributed by atoms with E-state index in [9.17, 15) is 0 Å². The van der Waals surface area contributed by atoms with E-state index in [2.05, 4.69) is 20.8 Å². The molecule has 84 valence electrons. The van der Waals surface area contributed by atoms with Crippen molar-refractivity contribution in [2.24, 2.45) is 5.92 Å². The molecule has 0 aliphatic carbocycles. The van der Waals surface area contributed by atoms with Gasteiger partial charge in [-0.05, 0) is 18.8 Å². The molecule has 1 rings (SSSR count). The Balaban J connectivity index is 1.92. The third kappa shape index (κ3) is 4.45. The number of rotatable bonds is 8. The second kappa shape index (κ2) is 6.44. The first-order chi connectivity index (χ1) is 6.77. The van der Waals surface area contributed by atoms with Gasteiger partial charge in [0, 0.05) is 0 Å². The largest absolute Gasteiger partial charge is 0.370 e. The van der Waals surface area contributed by atoms with Crippen LogP contribution in [0.2, 0.25) is 0 Å². The van der Waals surface area contributed by atoms with Crippen LogP contribution in [0, 0.1) is 5.92 Å². The first kappa shape index (κ1) is 12.0. The summed E-state index contributed by atoms with van der Waals surface area (Å²) in [6, 6.07) is 0. The van der Waals surface area contributed by atoms with Crippen molar-refractivity contribution in [3.63, 3.8) is 0 Å². The zero-order chi connectivity index (χ0) is 10.4. The highest BCUT2D eigenvalue weighted by Gasteiger charge is 2.37. The van der Waals surface area contributed by atoms with Gasteiger partial charge in [-0.15, -0.1) is 0 Å². The molecule has 0 aromatic carbocycles. The number of epoxide rings is 1. The van der Waals surface area contributed by atoms with Crippen LogP contribution in [0.4, 0.5) is 0 Å². The average molecular weight is 198 g/mol. The second-order valence-corrected chi connectivity index (χ2v) is 4.81. The number of hydrogen-bond donors (Lipinski definition) is 0. The van der Waals surface area contributed by atoms with Gasteiger partial charge in [0.15, 0.2) is 0 Å². The van der Waals surface area contributed by atoms with Crippen molar-refractivity contribution in [1.29, 1.82) is 0 Å². The van der Waals surface area contributed by atoms with Crippen LogP contribution in [0.5, 0.6) is 0 Å². The van der Waals surface area contributed by atoms with E-state index in [-0.39, 0.29) is 0 Å². The van der Waals surface area contributed by atoms with E-state index in [0.717, 1.165) is 5.92 Å². The van der Waals surface area contributed by atoms with Gasteiger partial charge in [0.25, 0.3) is 0 Å². The Hall–Kier alpha value is -0.0400. The molecular formula is C13H26O. The minimum Gasteiger partial charge on any atom is -0.370 e. The van der Waals surface area contributed by atoms with Crippen LogP contribution in [-0.4, -0.2) is 12.2 Å². The molecule has 3 unspecified atom stereocenters. The zero-order valence-corrected chi connectivity index (χ0v) is 10.1. The first-order valence-electron chi connectivity index (χ1n) is 6.43. The molecule has 1 heteroatoms. The highest BCUT2D eigenvalue weighted by molar-refractivity contribution is 4.84. The molecule has 0 aromatic heterocycles. The summed E-state index contributed by atoms with van der Waals surface area (Å²) in [5.41, 5.74) is 0. The molecule has 0 saturated carbocycles. The van der Waals surface area contributed by atoms with Crippen molar-refractivity contribution in [3.05, 3.63) is 0 Å². The van der Waals surface area contributed by atoms with E-state index < -0.39 is 0 Å². The third-order valence-corrected chi connectivity index (χ3v) is 3.28. The van der Waals surface area contributed by atoms with Gasteiger partial charge in [-0.25, -0.2) is 0 Å². The van der Waals surface area contributed by atoms with Gasteiger partial charge < -0.3 is 4.74 Å². The molecule has 1 aliphatic heterocycles. The van der Waals surface area contributed by atoms with Crippen LogP contribution in [0.3, 0.4) is 0 Å². The van der Waals surface area contributed by atoms with Crippen molar-refractivity contribution >= 4 is 0 Å². The van der Waals surface area contributed by atoms with Gasteiger partial charge in [0.05, 0.1) is 12.2 Å². The summed E-state index contributed by atoms with van der Waals surface area (Å²) >= 11 is 0. The van der Waals surface area contributed by atoms with Gasteiger partial charge in [-0.2, -0.15) is 0 Å². The Kier molecular flexibility index (Phi) is 5.54. The highest BCUT2D eigenvalue weighted by Crippen LogP contribution is 2.32. The minimum absolute atomic E-state index is 0.605. The topological polar surface area (TPSA) is 12.5 Å². The fourth-order valence-corrected chi connectivity index (χ4v) is 2.18. The Morgan fingerprint density at radius 3 is 2.43 bits per heavy atom. The molecule has 1 heterocycles. The van der Waals surface area contributed by atoms with Crippen LogP contribution in [0.15, 0.2) is 0 Å². The summed E-state index contributed by atoms with van der Waals surface area (Å²) in [7, 11) is 0. The summed E-state index contributed by atoms with van der Waals surface area (Å²) in [4.78, 5) is 0. The van der Waals surface area contributed by atoms with Gasteiger partial charge in [-0.1, -0.05) is 52.9 Å². The fraction of sp³-hybridized carbons (Fsp3) is 1.00. The van der Waals surface area contributed by atoms with Crippen molar-refractivity contribution < 1.29 is 4.74 Å². The molecule has 0 bridgehead atoms. The number of hydrogen-bond acceptors (Lipinski definition) is 1. The molecular weight excluding hydrogens is 172 g/mol. The summed E-state index contributed by atoms with van der Waals surface area (Å²) in [6.07, 6.45) is 10.7. The lowest BCUT2D eigenvalue weighted by Crippen LogP contribution is -2.02. The quantitative estimate of drug-likeness (QED) is 0.421. The predicted molar refractivity (Wildman–Crippen MR) is 61.5 cm³/mol. The molecule has 1 saturated heterocycles. The van der Waals surface area contributed by atoms with E-state index in [1.165, 1.54) is 44.9 Å². The maximum atomic E-state index is 5.56. The number of ether oxygens (including phenoxy) is 1. The first-order valence-corrected chi connectivity index (χ1v) is 6.43. The molecule has 0 aromatic rings. The predicted octanol–water partition coefficient (Wildman–Crippen LogP) is 4.16. The minimum atomic E-state index is 0.605.